The van der Waals surface area contributed by atoms with Crippen molar-refractivity contribution in [2.45, 2.75) is 51.2 Å². The van der Waals surface area contributed by atoms with Crippen LogP contribution in [0.2, 0.25) is 0 Å². The van der Waals surface area contributed by atoms with Gasteiger partial charge in [-0.25, -0.2) is 4.79 Å². The first kappa shape index (κ1) is 27.3. The third-order valence-electron chi connectivity index (χ3n) is 5.45. The molecule has 0 saturated heterocycles. The van der Waals surface area contributed by atoms with E-state index in [0.717, 1.165) is 16.5 Å². The van der Waals surface area contributed by atoms with E-state index in [0.29, 0.717) is 0 Å². The summed E-state index contributed by atoms with van der Waals surface area (Å²) in [7, 11) is 0. The van der Waals surface area contributed by atoms with E-state index >= 15 is 0 Å². The number of para-hydroxylation sites is 1. The Morgan fingerprint density at radius 3 is 2.23 bits per heavy atom. The van der Waals surface area contributed by atoms with E-state index < -0.39 is 60.1 Å². The fraction of sp³-hybridized carbons (Fsp3) is 0.435. The molecule has 0 aliphatic heterocycles. The van der Waals surface area contributed by atoms with E-state index in [-0.39, 0.29) is 19.4 Å². The topological polar surface area (TPSA) is 204 Å². The zero-order chi connectivity index (χ0) is 26.1. The summed E-state index contributed by atoms with van der Waals surface area (Å²) < 4.78 is 0. The molecule has 2 rings (SSSR count). The number of carboxylic acids is 2. The van der Waals surface area contributed by atoms with Crippen LogP contribution >= 0.6 is 0 Å². The second-order valence-electron chi connectivity index (χ2n) is 8.45. The number of aromatic nitrogens is 1. The quantitative estimate of drug-likeness (QED) is 0.199. The molecule has 12 heteroatoms. The van der Waals surface area contributed by atoms with Gasteiger partial charge in [-0.15, -0.1) is 0 Å². The average Bonchev–Trinajstić information content (AvgIpc) is 3.21. The zero-order valence-electron chi connectivity index (χ0n) is 19.5. The number of aromatic amines is 1. The van der Waals surface area contributed by atoms with Gasteiger partial charge >= 0.3 is 11.9 Å². The number of aliphatic carboxylic acids is 2. The van der Waals surface area contributed by atoms with Crippen molar-refractivity contribution in [3.63, 3.8) is 0 Å². The number of rotatable bonds is 13. The molecule has 35 heavy (non-hydrogen) atoms. The summed E-state index contributed by atoms with van der Waals surface area (Å²) >= 11 is 0. The molecule has 0 fully saturated rings. The van der Waals surface area contributed by atoms with Crippen molar-refractivity contribution in [2.75, 3.05) is 6.54 Å². The second-order valence-corrected chi connectivity index (χ2v) is 8.45. The molecular formula is C23H31N5O7. The fourth-order valence-corrected chi connectivity index (χ4v) is 3.56. The third kappa shape index (κ3) is 7.81. The molecule has 0 saturated carbocycles. The van der Waals surface area contributed by atoms with Crippen molar-refractivity contribution in [2.24, 2.45) is 11.7 Å². The van der Waals surface area contributed by atoms with Crippen LogP contribution in [0.1, 0.15) is 32.3 Å². The summed E-state index contributed by atoms with van der Waals surface area (Å²) in [5.74, 6) is -5.07. The van der Waals surface area contributed by atoms with E-state index in [2.05, 4.69) is 20.9 Å². The Bertz CT molecular complexity index is 1080. The summed E-state index contributed by atoms with van der Waals surface area (Å²) in [6.45, 7) is 2.84. The Balaban J connectivity index is 2.26. The predicted molar refractivity (Wildman–Crippen MR) is 126 cm³/mol. The largest absolute Gasteiger partial charge is 0.481 e. The number of nitrogens with one attached hydrogen (secondary N) is 4. The molecule has 0 aliphatic rings. The van der Waals surface area contributed by atoms with Crippen LogP contribution in [0.3, 0.4) is 0 Å². The van der Waals surface area contributed by atoms with Crippen molar-refractivity contribution in [1.29, 1.82) is 0 Å². The Hall–Kier alpha value is -3.93. The van der Waals surface area contributed by atoms with Crippen molar-refractivity contribution >= 4 is 40.6 Å². The van der Waals surface area contributed by atoms with E-state index in [9.17, 15) is 29.1 Å². The van der Waals surface area contributed by atoms with Gasteiger partial charge in [-0.1, -0.05) is 32.0 Å². The van der Waals surface area contributed by atoms with Crippen LogP contribution in [0.4, 0.5) is 0 Å². The maximum atomic E-state index is 13.1. The fourth-order valence-electron chi connectivity index (χ4n) is 3.56. The van der Waals surface area contributed by atoms with Crippen LogP contribution in [0.5, 0.6) is 0 Å². The summed E-state index contributed by atoms with van der Waals surface area (Å²) in [5, 5.41) is 26.6. The van der Waals surface area contributed by atoms with Crippen molar-refractivity contribution < 1.29 is 34.2 Å². The number of nitrogens with two attached hydrogens (primary N) is 1. The van der Waals surface area contributed by atoms with Gasteiger partial charge in [-0.2, -0.15) is 0 Å². The SMILES string of the molecule is CC(C)C(NC(=O)C(CCC(=O)O)NC(=O)C(Cc1c[nH]c2ccccc12)NC(=O)CN)C(=O)O. The average molecular weight is 490 g/mol. The standard InChI is InChI=1S/C23H31N5O7/c1-12(2)20(23(34)35)28-21(32)16(7-8-19(30)31)27-22(33)17(26-18(29)10-24)9-13-11-25-15-6-4-3-5-14(13)15/h3-6,11-12,16-17,20,25H,7-10,24H2,1-2H3,(H,26,29)(H,27,33)(H,28,32)(H,30,31)(H,34,35). The minimum Gasteiger partial charge on any atom is -0.481 e. The number of hydrogen-bond donors (Lipinski definition) is 7. The zero-order valence-corrected chi connectivity index (χ0v) is 19.5. The summed E-state index contributed by atoms with van der Waals surface area (Å²) in [6, 6.07) is 3.69. The second kappa shape index (κ2) is 12.5. The molecule has 2 aromatic rings. The smallest absolute Gasteiger partial charge is 0.326 e. The van der Waals surface area contributed by atoms with E-state index in [1.54, 1.807) is 20.0 Å². The minimum atomic E-state index is -1.33. The van der Waals surface area contributed by atoms with Gasteiger partial charge in [0.1, 0.15) is 18.1 Å². The first-order valence-electron chi connectivity index (χ1n) is 11.1. The van der Waals surface area contributed by atoms with Crippen LogP contribution in [-0.4, -0.2) is 69.5 Å². The highest BCUT2D eigenvalue weighted by Crippen LogP contribution is 2.19. The van der Waals surface area contributed by atoms with E-state index in [1.807, 2.05) is 24.3 Å². The monoisotopic (exact) mass is 489 g/mol. The number of carbonyl (C=O) groups is 5. The molecule has 3 unspecified atom stereocenters. The van der Waals surface area contributed by atoms with Crippen LogP contribution < -0.4 is 21.7 Å². The lowest BCUT2D eigenvalue weighted by Crippen LogP contribution is -2.57. The van der Waals surface area contributed by atoms with Gasteiger partial charge in [0.2, 0.25) is 17.7 Å². The number of hydrogen-bond acceptors (Lipinski definition) is 6. The molecule has 0 radical (unpaired) electrons. The highest BCUT2D eigenvalue weighted by Gasteiger charge is 2.31. The molecule has 190 valence electrons. The molecule has 1 heterocycles. The Morgan fingerprint density at radius 1 is 0.971 bits per heavy atom. The molecule has 12 nitrogen and oxygen atoms in total. The van der Waals surface area contributed by atoms with Crippen LogP contribution in [-0.2, 0) is 30.4 Å². The van der Waals surface area contributed by atoms with Gasteiger partial charge in [0.05, 0.1) is 6.54 Å². The van der Waals surface area contributed by atoms with Gasteiger partial charge in [-0.3, -0.25) is 19.2 Å². The van der Waals surface area contributed by atoms with Gasteiger partial charge in [0.15, 0.2) is 0 Å². The molecule has 1 aromatic carbocycles. The maximum Gasteiger partial charge on any atom is 0.326 e. The highest BCUT2D eigenvalue weighted by molar-refractivity contribution is 5.94. The molecular weight excluding hydrogens is 458 g/mol. The molecule has 1 aromatic heterocycles. The number of amides is 3. The van der Waals surface area contributed by atoms with Gasteiger partial charge in [-0.05, 0) is 24.0 Å². The molecule has 0 bridgehead atoms. The Morgan fingerprint density at radius 2 is 1.63 bits per heavy atom. The molecule has 3 amide bonds. The van der Waals surface area contributed by atoms with E-state index in [1.165, 1.54) is 0 Å². The third-order valence-corrected chi connectivity index (χ3v) is 5.45. The maximum absolute atomic E-state index is 13.1. The lowest BCUT2D eigenvalue weighted by Gasteiger charge is -2.25. The first-order valence-corrected chi connectivity index (χ1v) is 11.1. The lowest BCUT2D eigenvalue weighted by molar-refractivity contribution is -0.144. The number of benzene rings is 1. The van der Waals surface area contributed by atoms with Gasteiger partial charge < -0.3 is 36.9 Å². The minimum absolute atomic E-state index is 0.0681. The summed E-state index contributed by atoms with van der Waals surface area (Å²) in [5.41, 5.74) is 6.96. The Labute approximate surface area is 201 Å². The molecule has 3 atom stereocenters. The Kier molecular flexibility index (Phi) is 9.76. The number of carbonyl (C=O) groups excluding carboxylic acids is 3. The predicted octanol–water partition coefficient (Wildman–Crippen LogP) is -0.271. The number of carboxylic acid groups (broad SMARTS) is 2. The molecule has 8 N–H and O–H groups in total. The lowest BCUT2D eigenvalue weighted by atomic mass is 10.0. The summed E-state index contributed by atoms with van der Waals surface area (Å²) in [6.07, 6.45) is 1.05. The number of fused-ring (bicyclic) bond motifs is 1. The first-order chi connectivity index (χ1) is 16.5. The van der Waals surface area contributed by atoms with Crippen molar-refractivity contribution in [3.05, 3.63) is 36.0 Å². The van der Waals surface area contributed by atoms with Crippen LogP contribution in [0, 0.1) is 5.92 Å². The van der Waals surface area contributed by atoms with Gasteiger partial charge in [0.25, 0.3) is 0 Å². The van der Waals surface area contributed by atoms with Crippen molar-refractivity contribution in [3.8, 4) is 0 Å². The molecule has 0 aliphatic carbocycles. The highest BCUT2D eigenvalue weighted by atomic mass is 16.4. The molecule has 0 spiro atoms. The van der Waals surface area contributed by atoms with Crippen LogP contribution in [0.15, 0.2) is 30.5 Å². The number of H-pyrrole nitrogens is 1. The van der Waals surface area contributed by atoms with Gasteiger partial charge in [0, 0.05) is 29.9 Å². The normalized spacial score (nSPS) is 13.6. The van der Waals surface area contributed by atoms with E-state index in [4.69, 9.17) is 10.8 Å². The van der Waals surface area contributed by atoms with Crippen molar-refractivity contribution in [1.82, 2.24) is 20.9 Å². The summed E-state index contributed by atoms with van der Waals surface area (Å²) in [4.78, 5) is 63.6. The van der Waals surface area contributed by atoms with Crippen LogP contribution in [0.25, 0.3) is 10.9 Å².